The van der Waals surface area contributed by atoms with Gasteiger partial charge in [0.15, 0.2) is 0 Å². The molecule has 1 fully saturated rings. The molecule has 6 heteroatoms. The second-order valence-electron chi connectivity index (χ2n) is 5.45. The molecule has 0 aliphatic carbocycles. The fourth-order valence-corrected chi connectivity index (χ4v) is 2.22. The molecule has 1 atom stereocenters. The minimum atomic E-state index is -0.481. The summed E-state index contributed by atoms with van der Waals surface area (Å²) in [5, 5.41) is 0.487. The van der Waals surface area contributed by atoms with Crippen molar-refractivity contribution in [2.24, 2.45) is 0 Å². The summed E-state index contributed by atoms with van der Waals surface area (Å²) in [6, 6.07) is -0.0626. The molecule has 5 nitrogen and oxygen atoms in total. The van der Waals surface area contributed by atoms with E-state index in [4.69, 9.17) is 16.3 Å². The zero-order valence-electron chi connectivity index (χ0n) is 10.9. The van der Waals surface area contributed by atoms with Gasteiger partial charge < -0.3 is 9.72 Å². The topological polar surface area (TPSA) is 58.2 Å². The average molecular weight is 272 g/mol. The normalized spacial score (nSPS) is 20.2. The van der Waals surface area contributed by atoms with Gasteiger partial charge in [0.2, 0.25) is 0 Å². The number of carbonyl (C=O) groups excluding carboxylic acids is 1. The molecule has 1 aromatic heterocycles. The molecule has 0 saturated carbocycles. The largest absolute Gasteiger partial charge is 0.444 e. The van der Waals surface area contributed by atoms with Crippen LogP contribution < -0.4 is 0 Å². The number of nitrogens with one attached hydrogen (secondary N) is 1. The van der Waals surface area contributed by atoms with Gasteiger partial charge in [-0.15, -0.1) is 0 Å². The van der Waals surface area contributed by atoms with Crippen LogP contribution in [0, 0.1) is 0 Å². The Morgan fingerprint density at radius 3 is 2.89 bits per heavy atom. The highest BCUT2D eigenvalue weighted by molar-refractivity contribution is 6.29. The summed E-state index contributed by atoms with van der Waals surface area (Å²) in [5.74, 6) is 0.725. The minimum Gasteiger partial charge on any atom is -0.444 e. The van der Waals surface area contributed by atoms with E-state index in [0.29, 0.717) is 11.7 Å². The van der Waals surface area contributed by atoms with Gasteiger partial charge in [-0.3, -0.25) is 4.90 Å². The maximum absolute atomic E-state index is 12.1. The molecule has 1 aliphatic rings. The van der Waals surface area contributed by atoms with Gasteiger partial charge in [0.05, 0.1) is 12.2 Å². The Labute approximate surface area is 111 Å². The number of ether oxygens (including phenoxy) is 1. The Hall–Kier alpha value is -1.23. The molecule has 100 valence electrons. The van der Waals surface area contributed by atoms with Crippen LogP contribution in [0.25, 0.3) is 0 Å². The number of imidazole rings is 1. The SMILES string of the molecule is CC(C)(C)OC(=O)N1CCC[C@H]1c1ncc(Cl)[nH]1. The predicted molar refractivity (Wildman–Crippen MR) is 68.5 cm³/mol. The maximum Gasteiger partial charge on any atom is 0.410 e. The number of carbonyl (C=O) groups is 1. The van der Waals surface area contributed by atoms with Crippen molar-refractivity contribution in [3.63, 3.8) is 0 Å². The Morgan fingerprint density at radius 1 is 1.61 bits per heavy atom. The summed E-state index contributed by atoms with van der Waals surface area (Å²) < 4.78 is 5.39. The van der Waals surface area contributed by atoms with E-state index in [1.54, 1.807) is 11.1 Å². The minimum absolute atomic E-state index is 0.0626. The Balaban J connectivity index is 2.10. The zero-order chi connectivity index (χ0) is 13.3. The first kappa shape index (κ1) is 13.2. The van der Waals surface area contributed by atoms with Crippen LogP contribution in [0.15, 0.2) is 6.20 Å². The van der Waals surface area contributed by atoms with Crippen molar-refractivity contribution >= 4 is 17.7 Å². The van der Waals surface area contributed by atoms with Crippen LogP contribution in [-0.2, 0) is 4.74 Å². The molecule has 18 heavy (non-hydrogen) atoms. The number of halogens is 1. The molecule has 1 aliphatic heterocycles. The van der Waals surface area contributed by atoms with Crippen molar-refractivity contribution in [3.05, 3.63) is 17.2 Å². The van der Waals surface area contributed by atoms with E-state index < -0.39 is 5.60 Å². The predicted octanol–water partition coefficient (Wildman–Crippen LogP) is 3.14. The smallest absolute Gasteiger partial charge is 0.410 e. The molecule has 2 heterocycles. The molecule has 1 aromatic rings. The number of rotatable bonds is 1. The number of aromatic amines is 1. The molecular formula is C12H18ClN3O2. The standard InChI is InChI=1S/C12H18ClN3O2/c1-12(2,3)18-11(17)16-6-4-5-8(16)10-14-7-9(13)15-10/h7-8H,4-6H2,1-3H3,(H,14,15)/t8-/m0/s1. The lowest BCUT2D eigenvalue weighted by molar-refractivity contribution is 0.0218. The van der Waals surface area contributed by atoms with E-state index in [0.717, 1.165) is 18.7 Å². The summed E-state index contributed by atoms with van der Waals surface area (Å²) in [7, 11) is 0. The zero-order valence-corrected chi connectivity index (χ0v) is 11.6. The van der Waals surface area contributed by atoms with Gasteiger partial charge in [-0.25, -0.2) is 9.78 Å². The lowest BCUT2D eigenvalue weighted by Crippen LogP contribution is -2.36. The van der Waals surface area contributed by atoms with Crippen molar-refractivity contribution in [1.82, 2.24) is 14.9 Å². The highest BCUT2D eigenvalue weighted by atomic mass is 35.5. The molecule has 2 rings (SSSR count). The summed E-state index contributed by atoms with van der Waals surface area (Å²) >= 11 is 5.82. The first-order valence-corrected chi connectivity index (χ1v) is 6.44. The molecule has 1 amide bonds. The molecule has 0 spiro atoms. The van der Waals surface area contributed by atoms with Crippen LogP contribution in [0.3, 0.4) is 0 Å². The van der Waals surface area contributed by atoms with Crippen molar-refractivity contribution in [2.45, 2.75) is 45.3 Å². The summed E-state index contributed by atoms with van der Waals surface area (Å²) in [6.45, 7) is 6.27. The molecule has 1 N–H and O–H groups in total. The first-order chi connectivity index (χ1) is 8.37. The highest BCUT2D eigenvalue weighted by Gasteiger charge is 2.34. The lowest BCUT2D eigenvalue weighted by Gasteiger charge is -2.27. The van der Waals surface area contributed by atoms with Crippen LogP contribution in [0.5, 0.6) is 0 Å². The Bertz CT molecular complexity index is 439. The van der Waals surface area contributed by atoms with Crippen LogP contribution in [0.4, 0.5) is 4.79 Å². The molecule has 0 unspecified atom stereocenters. The molecule has 0 aromatic carbocycles. The van der Waals surface area contributed by atoms with Crippen LogP contribution in [0.1, 0.15) is 45.5 Å². The van der Waals surface area contributed by atoms with E-state index in [9.17, 15) is 4.79 Å². The number of nitrogens with zero attached hydrogens (tertiary/aromatic N) is 2. The highest BCUT2D eigenvalue weighted by Crippen LogP contribution is 2.31. The number of H-pyrrole nitrogens is 1. The molecule has 0 bridgehead atoms. The molecule has 0 radical (unpaired) electrons. The van der Waals surface area contributed by atoms with Crippen molar-refractivity contribution in [1.29, 1.82) is 0 Å². The Kier molecular flexibility index (Phi) is 3.52. The number of hydrogen-bond acceptors (Lipinski definition) is 3. The van der Waals surface area contributed by atoms with Crippen molar-refractivity contribution in [2.75, 3.05) is 6.54 Å². The number of aromatic nitrogens is 2. The quantitative estimate of drug-likeness (QED) is 0.854. The second-order valence-corrected chi connectivity index (χ2v) is 5.86. The third-order valence-corrected chi connectivity index (χ3v) is 2.95. The summed E-state index contributed by atoms with van der Waals surface area (Å²) in [5.41, 5.74) is -0.481. The van der Waals surface area contributed by atoms with Gasteiger partial charge in [-0.05, 0) is 33.6 Å². The molecular weight excluding hydrogens is 254 g/mol. The van der Waals surface area contributed by atoms with E-state index in [1.165, 1.54) is 0 Å². The lowest BCUT2D eigenvalue weighted by atomic mass is 10.2. The molecule has 1 saturated heterocycles. The number of amides is 1. The third kappa shape index (κ3) is 2.96. The van der Waals surface area contributed by atoms with E-state index in [1.807, 2.05) is 20.8 Å². The summed E-state index contributed by atoms with van der Waals surface area (Å²) in [6.07, 6.45) is 3.09. The second kappa shape index (κ2) is 4.80. The van der Waals surface area contributed by atoms with Gasteiger partial charge >= 0.3 is 6.09 Å². The monoisotopic (exact) mass is 271 g/mol. The van der Waals surface area contributed by atoms with Crippen LogP contribution in [0.2, 0.25) is 5.15 Å². The average Bonchev–Trinajstić information content (AvgIpc) is 2.81. The van der Waals surface area contributed by atoms with Gasteiger partial charge in [0.25, 0.3) is 0 Å². The Morgan fingerprint density at radius 2 is 2.33 bits per heavy atom. The fourth-order valence-electron chi connectivity index (χ4n) is 2.07. The van der Waals surface area contributed by atoms with Crippen LogP contribution >= 0.6 is 11.6 Å². The third-order valence-electron chi connectivity index (χ3n) is 2.76. The van der Waals surface area contributed by atoms with E-state index in [-0.39, 0.29) is 12.1 Å². The van der Waals surface area contributed by atoms with E-state index >= 15 is 0 Å². The first-order valence-electron chi connectivity index (χ1n) is 6.07. The van der Waals surface area contributed by atoms with Gasteiger partial charge in [0.1, 0.15) is 16.6 Å². The van der Waals surface area contributed by atoms with Crippen molar-refractivity contribution in [3.8, 4) is 0 Å². The summed E-state index contributed by atoms with van der Waals surface area (Å²) in [4.78, 5) is 20.9. The van der Waals surface area contributed by atoms with Crippen molar-refractivity contribution < 1.29 is 9.53 Å². The maximum atomic E-state index is 12.1. The number of likely N-dealkylation sites (tertiary alicyclic amines) is 1. The van der Waals surface area contributed by atoms with Gasteiger partial charge in [0, 0.05) is 6.54 Å². The fraction of sp³-hybridized carbons (Fsp3) is 0.667. The van der Waals surface area contributed by atoms with Gasteiger partial charge in [-0.1, -0.05) is 11.6 Å². The van der Waals surface area contributed by atoms with Crippen LogP contribution in [-0.4, -0.2) is 33.1 Å². The van der Waals surface area contributed by atoms with E-state index in [2.05, 4.69) is 9.97 Å². The number of hydrogen-bond donors (Lipinski definition) is 1. The van der Waals surface area contributed by atoms with Gasteiger partial charge in [-0.2, -0.15) is 0 Å².